The second kappa shape index (κ2) is 7.56. The number of aromatic hydroxyl groups is 1. The normalized spacial score (nSPS) is 10.3. The van der Waals surface area contributed by atoms with Crippen LogP contribution in [0.2, 0.25) is 0 Å². The molecule has 0 saturated heterocycles. The van der Waals surface area contributed by atoms with E-state index < -0.39 is 0 Å². The zero-order valence-corrected chi connectivity index (χ0v) is 14.6. The van der Waals surface area contributed by atoms with Gasteiger partial charge in [-0.1, -0.05) is 15.9 Å². The molecule has 4 nitrogen and oxygen atoms in total. The van der Waals surface area contributed by atoms with Crippen LogP contribution < -0.4 is 10.1 Å². The molecule has 0 atom stereocenters. The monoisotopic (exact) mass is 381 g/mol. The molecule has 0 unspecified atom stereocenters. The quantitative estimate of drug-likeness (QED) is 0.761. The second-order valence-corrected chi connectivity index (χ2v) is 6.57. The van der Waals surface area contributed by atoms with Gasteiger partial charge in [0.1, 0.15) is 0 Å². The fraction of sp³-hybridized carbons (Fsp3) is 0.188. The number of anilines is 1. The maximum absolute atomic E-state index is 12.0. The average Bonchev–Trinajstić information content (AvgIpc) is 2.46. The number of aryl methyl sites for hydroxylation is 1. The van der Waals surface area contributed by atoms with Crippen molar-refractivity contribution >= 4 is 39.3 Å². The number of carbonyl (C=O) groups excluding carboxylic acids is 1. The highest BCUT2D eigenvalue weighted by Gasteiger charge is 2.08. The van der Waals surface area contributed by atoms with Gasteiger partial charge >= 0.3 is 0 Å². The van der Waals surface area contributed by atoms with Gasteiger partial charge in [0.25, 0.3) is 0 Å². The van der Waals surface area contributed by atoms with Crippen LogP contribution >= 0.6 is 27.7 Å². The highest BCUT2D eigenvalue weighted by molar-refractivity contribution is 9.10. The van der Waals surface area contributed by atoms with Gasteiger partial charge in [0.15, 0.2) is 11.5 Å². The maximum atomic E-state index is 12.0. The molecule has 0 bridgehead atoms. The summed E-state index contributed by atoms with van der Waals surface area (Å²) in [5.41, 5.74) is 1.66. The minimum Gasteiger partial charge on any atom is -0.504 e. The zero-order valence-electron chi connectivity index (χ0n) is 12.2. The predicted octanol–water partition coefficient (Wildman–Crippen LogP) is 4.20. The first kappa shape index (κ1) is 16.7. The van der Waals surface area contributed by atoms with E-state index in [1.54, 1.807) is 12.1 Å². The summed E-state index contributed by atoms with van der Waals surface area (Å²) in [6, 6.07) is 10.7. The topological polar surface area (TPSA) is 58.6 Å². The Kier molecular flexibility index (Phi) is 5.74. The molecule has 2 aromatic carbocycles. The Hall–Kier alpha value is -1.66. The minimum absolute atomic E-state index is 0.00305. The summed E-state index contributed by atoms with van der Waals surface area (Å²) >= 11 is 4.89. The number of amides is 1. The summed E-state index contributed by atoms with van der Waals surface area (Å²) < 4.78 is 5.98. The third-order valence-electron chi connectivity index (χ3n) is 2.96. The van der Waals surface area contributed by atoms with Gasteiger partial charge in [-0.3, -0.25) is 4.79 Å². The number of methoxy groups -OCH3 is 1. The van der Waals surface area contributed by atoms with Crippen LogP contribution in [-0.4, -0.2) is 23.9 Å². The molecule has 22 heavy (non-hydrogen) atoms. The van der Waals surface area contributed by atoms with Gasteiger partial charge in [-0.2, -0.15) is 0 Å². The fourth-order valence-electron chi connectivity index (χ4n) is 1.88. The highest BCUT2D eigenvalue weighted by Crippen LogP contribution is 2.29. The van der Waals surface area contributed by atoms with Gasteiger partial charge in [0.05, 0.1) is 12.9 Å². The summed E-state index contributed by atoms with van der Waals surface area (Å²) in [6.45, 7) is 2.01. The van der Waals surface area contributed by atoms with Crippen molar-refractivity contribution in [1.82, 2.24) is 0 Å². The number of hydrogen-bond acceptors (Lipinski definition) is 4. The van der Waals surface area contributed by atoms with Crippen molar-refractivity contribution in [3.63, 3.8) is 0 Å². The Morgan fingerprint density at radius 2 is 2.09 bits per heavy atom. The SMILES string of the molecule is COc1ccc(NC(=O)CSc2ccc(Br)cc2C)cc1O. The molecular weight excluding hydrogens is 366 g/mol. The zero-order chi connectivity index (χ0) is 16.1. The number of benzene rings is 2. The number of carbonyl (C=O) groups is 1. The van der Waals surface area contributed by atoms with E-state index in [0.717, 1.165) is 14.9 Å². The largest absolute Gasteiger partial charge is 0.504 e. The lowest BCUT2D eigenvalue weighted by atomic mass is 10.2. The van der Waals surface area contributed by atoms with Gasteiger partial charge in [-0.25, -0.2) is 0 Å². The molecule has 0 radical (unpaired) electrons. The van der Waals surface area contributed by atoms with Gasteiger partial charge < -0.3 is 15.2 Å². The lowest BCUT2D eigenvalue weighted by Crippen LogP contribution is -2.14. The van der Waals surface area contributed by atoms with E-state index in [4.69, 9.17) is 4.74 Å². The summed E-state index contributed by atoms with van der Waals surface area (Å²) in [4.78, 5) is 13.0. The molecule has 0 aliphatic rings. The van der Waals surface area contributed by atoms with Crippen LogP contribution in [0.15, 0.2) is 45.8 Å². The van der Waals surface area contributed by atoms with E-state index in [0.29, 0.717) is 17.2 Å². The maximum Gasteiger partial charge on any atom is 0.234 e. The molecule has 0 aromatic heterocycles. The van der Waals surface area contributed by atoms with Crippen molar-refractivity contribution in [1.29, 1.82) is 0 Å². The average molecular weight is 382 g/mol. The number of hydrogen-bond donors (Lipinski definition) is 2. The first-order valence-corrected chi connectivity index (χ1v) is 8.33. The number of halogens is 1. The Bertz CT molecular complexity index is 691. The van der Waals surface area contributed by atoms with Crippen molar-refractivity contribution in [2.24, 2.45) is 0 Å². The van der Waals surface area contributed by atoms with Crippen LogP contribution in [0.5, 0.6) is 11.5 Å². The van der Waals surface area contributed by atoms with E-state index >= 15 is 0 Å². The van der Waals surface area contributed by atoms with E-state index in [1.807, 2.05) is 25.1 Å². The third-order valence-corrected chi connectivity index (χ3v) is 4.63. The van der Waals surface area contributed by atoms with Crippen molar-refractivity contribution < 1.29 is 14.6 Å². The number of phenols is 1. The molecule has 2 aromatic rings. The molecule has 0 heterocycles. The van der Waals surface area contributed by atoms with Crippen LogP contribution in [0.25, 0.3) is 0 Å². The minimum atomic E-state index is -0.128. The van der Waals surface area contributed by atoms with Gasteiger partial charge in [-0.15, -0.1) is 11.8 Å². The Balaban J connectivity index is 1.94. The molecule has 0 aliphatic carbocycles. The molecular formula is C16H16BrNO3S. The molecule has 0 saturated carbocycles. The van der Waals surface area contributed by atoms with Crippen molar-refractivity contribution in [3.8, 4) is 11.5 Å². The van der Waals surface area contributed by atoms with E-state index in [1.165, 1.54) is 24.9 Å². The highest BCUT2D eigenvalue weighted by atomic mass is 79.9. The van der Waals surface area contributed by atoms with E-state index in [-0.39, 0.29) is 11.7 Å². The smallest absolute Gasteiger partial charge is 0.234 e. The molecule has 6 heteroatoms. The number of thioether (sulfide) groups is 1. The van der Waals surface area contributed by atoms with Crippen LogP contribution in [0.3, 0.4) is 0 Å². The lowest BCUT2D eigenvalue weighted by Gasteiger charge is -2.09. The number of phenolic OH excluding ortho intramolecular Hbond substituents is 1. The first-order valence-electron chi connectivity index (χ1n) is 6.55. The summed E-state index contributed by atoms with van der Waals surface area (Å²) in [6.07, 6.45) is 0. The Morgan fingerprint density at radius 1 is 1.32 bits per heavy atom. The first-order chi connectivity index (χ1) is 10.5. The van der Waals surface area contributed by atoms with E-state index in [2.05, 4.69) is 21.2 Å². The second-order valence-electron chi connectivity index (χ2n) is 4.63. The number of rotatable bonds is 5. The lowest BCUT2D eigenvalue weighted by molar-refractivity contribution is -0.113. The van der Waals surface area contributed by atoms with Crippen LogP contribution in [0, 0.1) is 6.92 Å². The van der Waals surface area contributed by atoms with Gasteiger partial charge in [0, 0.05) is 21.1 Å². The van der Waals surface area contributed by atoms with Crippen molar-refractivity contribution in [2.75, 3.05) is 18.2 Å². The summed E-state index contributed by atoms with van der Waals surface area (Å²) in [7, 11) is 1.48. The van der Waals surface area contributed by atoms with Gasteiger partial charge in [-0.05, 0) is 42.8 Å². The summed E-state index contributed by atoms with van der Waals surface area (Å²) in [5.74, 6) is 0.543. The molecule has 2 N–H and O–H groups in total. The van der Waals surface area contributed by atoms with E-state index in [9.17, 15) is 9.90 Å². The van der Waals surface area contributed by atoms with Crippen molar-refractivity contribution in [3.05, 3.63) is 46.4 Å². The number of nitrogens with one attached hydrogen (secondary N) is 1. The van der Waals surface area contributed by atoms with Crippen molar-refractivity contribution in [2.45, 2.75) is 11.8 Å². The van der Waals surface area contributed by atoms with Crippen LogP contribution in [-0.2, 0) is 4.79 Å². The number of ether oxygens (including phenoxy) is 1. The van der Waals surface area contributed by atoms with Crippen LogP contribution in [0.4, 0.5) is 5.69 Å². The Labute approximate surface area is 142 Å². The Morgan fingerprint density at radius 3 is 2.73 bits per heavy atom. The summed E-state index contributed by atoms with van der Waals surface area (Å²) in [5, 5.41) is 12.4. The third kappa shape index (κ3) is 4.42. The molecule has 2 rings (SSSR count). The molecule has 0 spiro atoms. The molecule has 0 fully saturated rings. The van der Waals surface area contributed by atoms with Gasteiger partial charge in [0.2, 0.25) is 5.91 Å². The van der Waals surface area contributed by atoms with Crippen LogP contribution in [0.1, 0.15) is 5.56 Å². The molecule has 116 valence electrons. The standard InChI is InChI=1S/C16H16BrNO3S/c1-10-7-11(17)3-6-15(10)22-9-16(20)18-12-4-5-14(21-2)13(19)8-12/h3-8,19H,9H2,1-2H3,(H,18,20). The molecule has 0 aliphatic heterocycles. The molecule has 1 amide bonds. The predicted molar refractivity (Wildman–Crippen MR) is 92.9 cm³/mol. The fourth-order valence-corrected chi connectivity index (χ4v) is 3.17.